The first-order valence-corrected chi connectivity index (χ1v) is 6.04. The predicted octanol–water partition coefficient (Wildman–Crippen LogP) is 1.33. The molecular formula is C9H10IN5. The highest BCUT2D eigenvalue weighted by molar-refractivity contribution is 14.1. The molecule has 2 aromatic rings. The van der Waals surface area contributed by atoms with Crippen molar-refractivity contribution in [1.29, 1.82) is 0 Å². The van der Waals surface area contributed by atoms with Crippen LogP contribution in [0.1, 0.15) is 12.8 Å². The maximum Gasteiger partial charge on any atom is 0.254 e. The van der Waals surface area contributed by atoms with Crippen molar-refractivity contribution in [2.45, 2.75) is 12.8 Å². The number of hydrogen-bond donors (Lipinski definition) is 0. The molecule has 1 fully saturated rings. The maximum absolute atomic E-state index is 4.42. The van der Waals surface area contributed by atoms with Crippen molar-refractivity contribution in [3.8, 4) is 0 Å². The lowest BCUT2D eigenvalue weighted by atomic mass is 10.4. The van der Waals surface area contributed by atoms with Crippen LogP contribution in [0.3, 0.4) is 0 Å². The largest absolute Gasteiger partial charge is 0.339 e. The molecule has 0 atom stereocenters. The summed E-state index contributed by atoms with van der Waals surface area (Å²) in [4.78, 5) is 10.8. The molecule has 0 unspecified atom stereocenters. The minimum Gasteiger partial charge on any atom is -0.339 e. The average Bonchev–Trinajstić information content (AvgIpc) is 2.84. The van der Waals surface area contributed by atoms with Gasteiger partial charge in [-0.25, -0.2) is 9.50 Å². The van der Waals surface area contributed by atoms with Crippen LogP contribution in [-0.2, 0) is 0 Å². The van der Waals surface area contributed by atoms with E-state index in [1.807, 2.05) is 6.20 Å². The molecule has 0 aliphatic carbocycles. The van der Waals surface area contributed by atoms with Crippen LogP contribution in [0.25, 0.3) is 5.78 Å². The Kier molecular flexibility index (Phi) is 2.23. The third-order valence-electron chi connectivity index (χ3n) is 2.54. The molecule has 0 radical (unpaired) electrons. The van der Waals surface area contributed by atoms with Gasteiger partial charge in [0.05, 0.1) is 0 Å². The van der Waals surface area contributed by atoms with Crippen molar-refractivity contribution in [2.75, 3.05) is 18.0 Å². The second-order valence-corrected chi connectivity index (χ2v) is 4.87. The third kappa shape index (κ3) is 1.66. The number of anilines is 1. The Balaban J connectivity index is 2.05. The van der Waals surface area contributed by atoms with Crippen LogP contribution >= 0.6 is 22.6 Å². The van der Waals surface area contributed by atoms with E-state index in [0.29, 0.717) is 5.78 Å². The van der Waals surface area contributed by atoms with Gasteiger partial charge in [-0.2, -0.15) is 4.98 Å². The summed E-state index contributed by atoms with van der Waals surface area (Å²) in [5.41, 5.74) is 0. The highest BCUT2D eigenvalue weighted by Gasteiger charge is 2.17. The highest BCUT2D eigenvalue weighted by atomic mass is 127. The molecule has 0 amide bonds. The van der Waals surface area contributed by atoms with Gasteiger partial charge in [0.2, 0.25) is 5.95 Å². The second-order valence-electron chi connectivity index (χ2n) is 3.62. The number of hydrogen-bond acceptors (Lipinski definition) is 4. The summed E-state index contributed by atoms with van der Waals surface area (Å²) < 4.78 is 2.81. The van der Waals surface area contributed by atoms with E-state index >= 15 is 0 Å². The van der Waals surface area contributed by atoms with E-state index in [1.54, 1.807) is 10.7 Å². The van der Waals surface area contributed by atoms with Crippen molar-refractivity contribution >= 4 is 34.3 Å². The van der Waals surface area contributed by atoms with E-state index in [4.69, 9.17) is 0 Å². The van der Waals surface area contributed by atoms with Crippen molar-refractivity contribution in [3.63, 3.8) is 0 Å². The normalized spacial score (nSPS) is 16.5. The fourth-order valence-corrected chi connectivity index (χ4v) is 2.20. The smallest absolute Gasteiger partial charge is 0.254 e. The van der Waals surface area contributed by atoms with Gasteiger partial charge in [-0.1, -0.05) is 0 Å². The quantitative estimate of drug-likeness (QED) is 0.745. The molecule has 3 heterocycles. The molecule has 0 bridgehead atoms. The van der Waals surface area contributed by atoms with E-state index in [0.717, 1.165) is 22.6 Å². The summed E-state index contributed by atoms with van der Waals surface area (Å²) in [6.45, 7) is 2.13. The van der Waals surface area contributed by atoms with Crippen molar-refractivity contribution in [1.82, 2.24) is 19.6 Å². The van der Waals surface area contributed by atoms with Crippen LogP contribution in [-0.4, -0.2) is 32.7 Å². The molecule has 0 saturated carbocycles. The zero-order valence-electron chi connectivity index (χ0n) is 8.10. The molecule has 5 nitrogen and oxygen atoms in total. The monoisotopic (exact) mass is 315 g/mol. The van der Waals surface area contributed by atoms with Crippen LogP contribution in [0.2, 0.25) is 0 Å². The van der Waals surface area contributed by atoms with Crippen LogP contribution < -0.4 is 4.90 Å². The van der Waals surface area contributed by atoms with Gasteiger partial charge in [-0.05, 0) is 35.4 Å². The summed E-state index contributed by atoms with van der Waals surface area (Å²) in [6, 6.07) is 0. The lowest BCUT2D eigenvalue weighted by Crippen LogP contribution is -2.19. The van der Waals surface area contributed by atoms with E-state index in [-0.39, 0.29) is 0 Å². The first-order valence-electron chi connectivity index (χ1n) is 4.96. The summed E-state index contributed by atoms with van der Waals surface area (Å²) in [7, 11) is 0. The van der Waals surface area contributed by atoms with E-state index in [9.17, 15) is 0 Å². The number of halogens is 1. The summed E-state index contributed by atoms with van der Waals surface area (Å²) >= 11 is 2.22. The Hall–Kier alpha value is -0.920. The van der Waals surface area contributed by atoms with Gasteiger partial charge < -0.3 is 4.90 Å². The van der Waals surface area contributed by atoms with Crippen molar-refractivity contribution in [2.24, 2.45) is 0 Å². The zero-order chi connectivity index (χ0) is 10.3. The van der Waals surface area contributed by atoms with Crippen molar-refractivity contribution < 1.29 is 0 Å². The van der Waals surface area contributed by atoms with Crippen LogP contribution in [0.15, 0.2) is 12.4 Å². The van der Waals surface area contributed by atoms with Crippen LogP contribution in [0.4, 0.5) is 5.95 Å². The molecule has 0 N–H and O–H groups in total. The Morgan fingerprint density at radius 3 is 2.87 bits per heavy atom. The molecule has 6 heteroatoms. The molecule has 1 saturated heterocycles. The van der Waals surface area contributed by atoms with Gasteiger partial charge in [-0.15, -0.1) is 5.10 Å². The van der Waals surface area contributed by atoms with E-state index in [1.165, 1.54) is 12.8 Å². The molecule has 78 valence electrons. The summed E-state index contributed by atoms with van der Waals surface area (Å²) in [6.07, 6.45) is 6.22. The lowest BCUT2D eigenvalue weighted by molar-refractivity contribution is 0.869. The van der Waals surface area contributed by atoms with Crippen LogP contribution in [0.5, 0.6) is 0 Å². The molecule has 1 aliphatic rings. The Morgan fingerprint density at radius 1 is 1.27 bits per heavy atom. The molecular weight excluding hydrogens is 305 g/mol. The fourth-order valence-electron chi connectivity index (χ4n) is 1.80. The SMILES string of the molecule is Ic1cnc2nc(N3CCCC3)nn2c1. The Morgan fingerprint density at radius 2 is 2.07 bits per heavy atom. The first kappa shape index (κ1) is 9.32. The van der Waals surface area contributed by atoms with E-state index < -0.39 is 0 Å². The second kappa shape index (κ2) is 3.58. The van der Waals surface area contributed by atoms with Crippen molar-refractivity contribution in [3.05, 3.63) is 16.0 Å². The zero-order valence-corrected chi connectivity index (χ0v) is 10.3. The van der Waals surface area contributed by atoms with Gasteiger partial charge in [0.1, 0.15) is 0 Å². The first-order chi connectivity index (χ1) is 7.33. The average molecular weight is 315 g/mol. The van der Waals surface area contributed by atoms with Crippen LogP contribution in [0, 0.1) is 3.57 Å². The van der Waals surface area contributed by atoms with E-state index in [2.05, 4.69) is 42.6 Å². The van der Waals surface area contributed by atoms with Gasteiger partial charge in [-0.3, -0.25) is 0 Å². The Labute approximate surface area is 101 Å². The molecule has 15 heavy (non-hydrogen) atoms. The molecule has 2 aromatic heterocycles. The topological polar surface area (TPSA) is 46.3 Å². The molecule has 0 aromatic carbocycles. The predicted molar refractivity (Wildman–Crippen MR) is 64.9 cm³/mol. The number of fused-ring (bicyclic) bond motifs is 1. The van der Waals surface area contributed by atoms with Gasteiger partial charge >= 0.3 is 0 Å². The molecule has 3 rings (SSSR count). The van der Waals surface area contributed by atoms with Gasteiger partial charge in [0.15, 0.2) is 0 Å². The highest BCUT2D eigenvalue weighted by Crippen LogP contribution is 2.16. The van der Waals surface area contributed by atoms with Gasteiger partial charge in [0, 0.05) is 29.1 Å². The number of aromatic nitrogens is 4. The number of nitrogens with zero attached hydrogens (tertiary/aromatic N) is 5. The fraction of sp³-hybridized carbons (Fsp3) is 0.444. The molecule has 1 aliphatic heterocycles. The summed E-state index contributed by atoms with van der Waals surface area (Å²) in [5.74, 6) is 1.49. The minimum absolute atomic E-state index is 0.678. The molecule has 0 spiro atoms. The lowest BCUT2D eigenvalue weighted by Gasteiger charge is -2.10. The standard InChI is InChI=1S/C9H10IN5/c10-7-5-11-8-12-9(13-15(8)6-7)14-3-1-2-4-14/h5-6H,1-4H2. The van der Waals surface area contributed by atoms with Gasteiger partial charge in [0.25, 0.3) is 5.78 Å². The maximum atomic E-state index is 4.42. The minimum atomic E-state index is 0.678. The summed E-state index contributed by atoms with van der Waals surface area (Å²) in [5, 5.41) is 4.42. The number of rotatable bonds is 1. The third-order valence-corrected chi connectivity index (χ3v) is 3.10. The Bertz CT molecular complexity index is 488.